The van der Waals surface area contributed by atoms with Crippen molar-refractivity contribution in [1.29, 1.82) is 0 Å². The number of hydrogen-bond acceptors (Lipinski definition) is 3. The summed E-state index contributed by atoms with van der Waals surface area (Å²) in [4.78, 5) is 7.01. The Morgan fingerprint density at radius 2 is 1.95 bits per heavy atom. The smallest absolute Gasteiger partial charge is 0.0649 e. The van der Waals surface area contributed by atoms with Gasteiger partial charge in [0, 0.05) is 18.8 Å². The van der Waals surface area contributed by atoms with Crippen LogP contribution in [0.2, 0.25) is 0 Å². The summed E-state index contributed by atoms with van der Waals surface area (Å²) in [5.41, 5.74) is 8.51. The van der Waals surface area contributed by atoms with Gasteiger partial charge in [0.2, 0.25) is 0 Å². The van der Waals surface area contributed by atoms with Crippen molar-refractivity contribution >= 4 is 0 Å². The van der Waals surface area contributed by atoms with Gasteiger partial charge in [0.05, 0.1) is 11.7 Å². The molecule has 0 radical (unpaired) electrons. The normalized spacial score (nSPS) is 20.9. The molecule has 1 saturated heterocycles. The molecule has 2 heterocycles. The first-order valence-electron chi connectivity index (χ1n) is 7.32. The summed E-state index contributed by atoms with van der Waals surface area (Å²) in [6.07, 6.45) is 4.28. The molecule has 2 atom stereocenters. The van der Waals surface area contributed by atoms with Gasteiger partial charge in [-0.2, -0.15) is 0 Å². The number of nitrogens with two attached hydrogens (primary N) is 1. The van der Waals surface area contributed by atoms with Crippen molar-refractivity contribution in [3.63, 3.8) is 0 Å². The summed E-state index contributed by atoms with van der Waals surface area (Å²) >= 11 is 0. The fourth-order valence-corrected chi connectivity index (χ4v) is 3.19. The van der Waals surface area contributed by atoms with Crippen LogP contribution in [-0.4, -0.2) is 23.0 Å². The molecule has 1 aliphatic rings. The summed E-state index contributed by atoms with van der Waals surface area (Å²) in [6, 6.07) is 17.5. The van der Waals surface area contributed by atoms with Crippen LogP contribution in [0.4, 0.5) is 0 Å². The molecular formula is C17H21N3. The van der Waals surface area contributed by atoms with Crippen LogP contribution in [0, 0.1) is 0 Å². The van der Waals surface area contributed by atoms with E-state index in [1.54, 1.807) is 0 Å². The highest BCUT2D eigenvalue weighted by atomic mass is 15.2. The highest BCUT2D eigenvalue weighted by Gasteiger charge is 2.32. The molecule has 2 aromatic rings. The van der Waals surface area contributed by atoms with Crippen molar-refractivity contribution in [3.8, 4) is 0 Å². The first-order valence-corrected chi connectivity index (χ1v) is 7.32. The molecule has 20 heavy (non-hydrogen) atoms. The van der Waals surface area contributed by atoms with Gasteiger partial charge in [0.1, 0.15) is 0 Å². The molecule has 1 aromatic heterocycles. The second kappa shape index (κ2) is 6.16. The zero-order chi connectivity index (χ0) is 13.8. The predicted molar refractivity (Wildman–Crippen MR) is 81.2 cm³/mol. The minimum Gasteiger partial charge on any atom is -0.329 e. The van der Waals surface area contributed by atoms with Crippen LogP contribution < -0.4 is 5.73 Å². The fraction of sp³-hybridized carbons (Fsp3) is 0.353. The van der Waals surface area contributed by atoms with E-state index in [0.717, 1.165) is 12.2 Å². The summed E-state index contributed by atoms with van der Waals surface area (Å²) in [5, 5.41) is 0. The largest absolute Gasteiger partial charge is 0.329 e. The van der Waals surface area contributed by atoms with E-state index in [1.807, 2.05) is 18.3 Å². The molecule has 1 aromatic carbocycles. The Morgan fingerprint density at radius 3 is 2.65 bits per heavy atom. The molecule has 0 amide bonds. The molecule has 2 N–H and O–H groups in total. The number of aromatic nitrogens is 1. The minimum atomic E-state index is 0.212. The van der Waals surface area contributed by atoms with Gasteiger partial charge in [0.15, 0.2) is 0 Å². The lowest BCUT2D eigenvalue weighted by molar-refractivity contribution is 0.182. The van der Waals surface area contributed by atoms with Gasteiger partial charge in [-0.15, -0.1) is 0 Å². The molecule has 0 aliphatic carbocycles. The quantitative estimate of drug-likeness (QED) is 0.926. The monoisotopic (exact) mass is 267 g/mol. The SMILES string of the molecule is NCC(c1ccccn1)N1CCCC1c1ccccc1. The number of nitrogens with zero attached hydrogens (tertiary/aromatic N) is 2. The zero-order valence-electron chi connectivity index (χ0n) is 11.7. The fourth-order valence-electron chi connectivity index (χ4n) is 3.19. The van der Waals surface area contributed by atoms with Crippen LogP contribution in [0.15, 0.2) is 54.7 Å². The molecule has 3 nitrogen and oxygen atoms in total. The number of likely N-dealkylation sites (tertiary alicyclic amines) is 1. The third-order valence-corrected chi connectivity index (χ3v) is 4.13. The van der Waals surface area contributed by atoms with Gasteiger partial charge in [0.25, 0.3) is 0 Å². The third kappa shape index (κ3) is 2.60. The Bertz CT molecular complexity index is 526. The topological polar surface area (TPSA) is 42.1 Å². The number of pyridine rings is 1. The van der Waals surface area contributed by atoms with E-state index in [2.05, 4.69) is 46.3 Å². The molecule has 0 spiro atoms. The van der Waals surface area contributed by atoms with E-state index >= 15 is 0 Å². The summed E-state index contributed by atoms with van der Waals surface area (Å²) in [5.74, 6) is 0. The molecule has 1 fully saturated rings. The molecule has 3 heteroatoms. The minimum absolute atomic E-state index is 0.212. The zero-order valence-corrected chi connectivity index (χ0v) is 11.7. The van der Waals surface area contributed by atoms with Crippen LogP contribution >= 0.6 is 0 Å². The predicted octanol–water partition coefficient (Wildman–Crippen LogP) is 2.92. The van der Waals surface area contributed by atoms with Gasteiger partial charge in [-0.25, -0.2) is 0 Å². The van der Waals surface area contributed by atoms with E-state index in [4.69, 9.17) is 5.73 Å². The molecule has 2 unspecified atom stereocenters. The molecule has 3 rings (SSSR count). The van der Waals surface area contributed by atoms with Crippen LogP contribution in [0.3, 0.4) is 0 Å². The maximum Gasteiger partial charge on any atom is 0.0649 e. The van der Waals surface area contributed by atoms with Crippen molar-refractivity contribution in [1.82, 2.24) is 9.88 Å². The van der Waals surface area contributed by atoms with Crippen molar-refractivity contribution in [2.24, 2.45) is 5.73 Å². The average molecular weight is 267 g/mol. The Labute approximate surface area is 120 Å². The molecule has 104 valence electrons. The van der Waals surface area contributed by atoms with Crippen molar-refractivity contribution in [2.45, 2.75) is 24.9 Å². The van der Waals surface area contributed by atoms with Crippen molar-refractivity contribution < 1.29 is 0 Å². The number of hydrogen-bond donors (Lipinski definition) is 1. The van der Waals surface area contributed by atoms with Crippen LogP contribution in [0.25, 0.3) is 0 Å². The molecule has 0 saturated carbocycles. The summed E-state index contributed by atoms with van der Waals surface area (Å²) in [6.45, 7) is 1.71. The molecular weight excluding hydrogens is 246 g/mol. The Hall–Kier alpha value is -1.71. The van der Waals surface area contributed by atoms with E-state index in [-0.39, 0.29) is 6.04 Å². The summed E-state index contributed by atoms with van der Waals surface area (Å²) < 4.78 is 0. The van der Waals surface area contributed by atoms with Crippen LogP contribution in [0.5, 0.6) is 0 Å². The Morgan fingerprint density at radius 1 is 1.15 bits per heavy atom. The lowest BCUT2D eigenvalue weighted by Gasteiger charge is -2.32. The highest BCUT2D eigenvalue weighted by Crippen LogP contribution is 2.37. The van der Waals surface area contributed by atoms with E-state index in [0.29, 0.717) is 12.6 Å². The lowest BCUT2D eigenvalue weighted by Crippen LogP contribution is -2.34. The van der Waals surface area contributed by atoms with Crippen LogP contribution in [-0.2, 0) is 0 Å². The molecule has 0 bridgehead atoms. The molecule has 1 aliphatic heterocycles. The second-order valence-electron chi connectivity index (χ2n) is 5.31. The van der Waals surface area contributed by atoms with E-state index in [9.17, 15) is 0 Å². The summed E-state index contributed by atoms with van der Waals surface area (Å²) in [7, 11) is 0. The maximum absolute atomic E-state index is 6.04. The Kier molecular flexibility index (Phi) is 4.09. The van der Waals surface area contributed by atoms with Gasteiger partial charge in [-0.05, 0) is 37.1 Å². The van der Waals surface area contributed by atoms with Crippen molar-refractivity contribution in [2.75, 3.05) is 13.1 Å². The van der Waals surface area contributed by atoms with E-state index in [1.165, 1.54) is 18.4 Å². The highest BCUT2D eigenvalue weighted by molar-refractivity contribution is 5.21. The third-order valence-electron chi connectivity index (χ3n) is 4.13. The first kappa shape index (κ1) is 13.3. The Balaban J connectivity index is 1.87. The first-order chi connectivity index (χ1) is 9.90. The van der Waals surface area contributed by atoms with Gasteiger partial charge in [-0.1, -0.05) is 36.4 Å². The van der Waals surface area contributed by atoms with Crippen molar-refractivity contribution in [3.05, 3.63) is 66.0 Å². The number of rotatable bonds is 4. The van der Waals surface area contributed by atoms with Gasteiger partial charge < -0.3 is 5.73 Å². The van der Waals surface area contributed by atoms with Gasteiger partial charge >= 0.3 is 0 Å². The van der Waals surface area contributed by atoms with E-state index < -0.39 is 0 Å². The standard InChI is InChI=1S/C17H21N3/c18-13-17(15-9-4-5-11-19-15)20-12-6-10-16(20)14-7-2-1-3-8-14/h1-5,7-9,11,16-17H,6,10,12-13,18H2. The lowest BCUT2D eigenvalue weighted by atomic mass is 10.0. The maximum atomic E-state index is 6.04. The second-order valence-corrected chi connectivity index (χ2v) is 5.31. The van der Waals surface area contributed by atoms with Crippen LogP contribution in [0.1, 0.15) is 36.2 Å². The number of benzene rings is 1. The van der Waals surface area contributed by atoms with Gasteiger partial charge in [-0.3, -0.25) is 9.88 Å². The average Bonchev–Trinajstić information content (AvgIpc) is 2.99.